The Balaban J connectivity index is 1.65. The molecule has 0 saturated carbocycles. The number of para-hydroxylation sites is 1. The van der Waals surface area contributed by atoms with Crippen LogP contribution in [0.1, 0.15) is 17.9 Å². The number of rotatable bonds is 2. The minimum absolute atomic E-state index is 0.466. The maximum absolute atomic E-state index is 2.45. The van der Waals surface area contributed by atoms with E-state index in [9.17, 15) is 0 Å². The number of hydrogen-bond donors (Lipinski definition) is 0. The maximum Gasteiger partial charge on any atom is 0.0551 e. The van der Waals surface area contributed by atoms with Gasteiger partial charge in [0.1, 0.15) is 0 Å². The van der Waals surface area contributed by atoms with Gasteiger partial charge in [-0.2, -0.15) is 0 Å². The van der Waals surface area contributed by atoms with E-state index in [1.165, 1.54) is 36.6 Å². The molecule has 0 fully saturated rings. The zero-order valence-corrected chi connectivity index (χ0v) is 16.4. The molecule has 0 amide bonds. The number of fused-ring (bicyclic) bond motifs is 3. The molecule has 1 aliphatic rings. The van der Waals surface area contributed by atoms with E-state index in [4.69, 9.17) is 0 Å². The first kappa shape index (κ1) is 15.9. The SMILES string of the molecule is Ic1cccc2c1c1ccccc1n2C1=CCC(c2ccccc2)C=C1. The molecular formula is C24H18IN. The van der Waals surface area contributed by atoms with Gasteiger partial charge in [0.05, 0.1) is 11.0 Å². The van der Waals surface area contributed by atoms with E-state index < -0.39 is 0 Å². The molecule has 0 radical (unpaired) electrons. The molecule has 0 aliphatic heterocycles. The summed E-state index contributed by atoms with van der Waals surface area (Å²) in [4.78, 5) is 0. The van der Waals surface area contributed by atoms with Crippen molar-refractivity contribution < 1.29 is 0 Å². The van der Waals surface area contributed by atoms with Gasteiger partial charge in [-0.3, -0.25) is 0 Å². The summed E-state index contributed by atoms with van der Waals surface area (Å²) >= 11 is 2.45. The van der Waals surface area contributed by atoms with Crippen LogP contribution < -0.4 is 0 Å². The van der Waals surface area contributed by atoms with Crippen LogP contribution in [0.5, 0.6) is 0 Å². The molecule has 1 unspecified atom stereocenters. The molecule has 0 N–H and O–H groups in total. The summed E-state index contributed by atoms with van der Waals surface area (Å²) in [5.41, 5.74) is 5.22. The van der Waals surface area contributed by atoms with Gasteiger partial charge in [-0.25, -0.2) is 0 Å². The first-order valence-corrected chi connectivity index (χ1v) is 10.0. The minimum atomic E-state index is 0.466. The summed E-state index contributed by atoms with van der Waals surface area (Å²) in [7, 11) is 0. The number of allylic oxidation sites excluding steroid dienone is 4. The molecule has 1 aromatic heterocycles. The normalized spacial score (nSPS) is 17.0. The average Bonchev–Trinajstić information content (AvgIpc) is 3.04. The molecule has 1 nitrogen and oxygen atoms in total. The lowest BCUT2D eigenvalue weighted by molar-refractivity contribution is 0.850. The van der Waals surface area contributed by atoms with Crippen molar-refractivity contribution in [3.05, 3.63) is 100 Å². The van der Waals surface area contributed by atoms with Gasteiger partial charge in [-0.1, -0.05) is 66.7 Å². The summed E-state index contributed by atoms with van der Waals surface area (Å²) in [6.45, 7) is 0. The highest BCUT2D eigenvalue weighted by Crippen LogP contribution is 2.37. The lowest BCUT2D eigenvalue weighted by Gasteiger charge is -2.18. The Morgan fingerprint density at radius 2 is 1.58 bits per heavy atom. The van der Waals surface area contributed by atoms with Crippen molar-refractivity contribution in [1.29, 1.82) is 0 Å². The Kier molecular flexibility index (Phi) is 3.93. The zero-order valence-electron chi connectivity index (χ0n) is 14.3. The molecule has 0 saturated heterocycles. The fourth-order valence-electron chi connectivity index (χ4n) is 3.98. The fourth-order valence-corrected chi connectivity index (χ4v) is 4.75. The van der Waals surface area contributed by atoms with Crippen molar-refractivity contribution in [1.82, 2.24) is 4.57 Å². The average molecular weight is 447 g/mol. The van der Waals surface area contributed by atoms with Crippen molar-refractivity contribution in [3.63, 3.8) is 0 Å². The van der Waals surface area contributed by atoms with Gasteiger partial charge in [0.2, 0.25) is 0 Å². The molecule has 26 heavy (non-hydrogen) atoms. The van der Waals surface area contributed by atoms with E-state index >= 15 is 0 Å². The van der Waals surface area contributed by atoms with Gasteiger partial charge in [0.25, 0.3) is 0 Å². The summed E-state index contributed by atoms with van der Waals surface area (Å²) in [5, 5.41) is 2.68. The highest BCUT2D eigenvalue weighted by molar-refractivity contribution is 14.1. The third-order valence-electron chi connectivity index (χ3n) is 5.21. The van der Waals surface area contributed by atoms with Crippen molar-refractivity contribution in [3.8, 4) is 0 Å². The van der Waals surface area contributed by atoms with E-state index in [-0.39, 0.29) is 0 Å². The molecule has 5 rings (SSSR count). The predicted octanol–water partition coefficient (Wildman–Crippen LogP) is 6.98. The number of halogens is 1. The lowest BCUT2D eigenvalue weighted by atomic mass is 9.92. The second kappa shape index (κ2) is 6.44. The summed E-state index contributed by atoms with van der Waals surface area (Å²) in [6.07, 6.45) is 8.04. The van der Waals surface area contributed by atoms with Crippen LogP contribution in [-0.4, -0.2) is 4.57 Å². The van der Waals surface area contributed by atoms with Gasteiger partial charge in [-0.05, 0) is 58.9 Å². The molecular weight excluding hydrogens is 429 g/mol. The van der Waals surface area contributed by atoms with Crippen molar-refractivity contribution in [2.45, 2.75) is 12.3 Å². The number of benzene rings is 3. The smallest absolute Gasteiger partial charge is 0.0551 e. The minimum Gasteiger partial charge on any atom is -0.310 e. The molecule has 1 aliphatic carbocycles. The Morgan fingerprint density at radius 3 is 2.38 bits per heavy atom. The van der Waals surface area contributed by atoms with E-state index in [1.54, 1.807) is 0 Å². The topological polar surface area (TPSA) is 4.93 Å². The first-order valence-electron chi connectivity index (χ1n) is 8.94. The Hall–Kier alpha value is -2.33. The third-order valence-corrected chi connectivity index (χ3v) is 6.11. The second-order valence-corrected chi connectivity index (χ2v) is 7.89. The van der Waals surface area contributed by atoms with Crippen molar-refractivity contribution in [2.75, 3.05) is 0 Å². The van der Waals surface area contributed by atoms with Gasteiger partial charge in [0, 0.05) is 26.0 Å². The highest BCUT2D eigenvalue weighted by Gasteiger charge is 2.17. The highest BCUT2D eigenvalue weighted by atomic mass is 127. The second-order valence-electron chi connectivity index (χ2n) is 6.73. The molecule has 1 atom stereocenters. The van der Waals surface area contributed by atoms with Gasteiger partial charge in [0.15, 0.2) is 0 Å². The largest absolute Gasteiger partial charge is 0.310 e. The molecule has 0 spiro atoms. The molecule has 0 bridgehead atoms. The Labute approximate surface area is 166 Å². The van der Waals surface area contributed by atoms with Gasteiger partial charge in [-0.15, -0.1) is 0 Å². The summed E-state index contributed by atoms with van der Waals surface area (Å²) in [5.74, 6) is 0.466. The number of nitrogens with zero attached hydrogens (tertiary/aromatic N) is 1. The standard InChI is InChI=1S/C24H18IN/c25-21-10-6-12-23-24(21)20-9-4-5-11-22(20)26(23)19-15-13-18(14-16-19)17-7-2-1-3-8-17/h1-13,15-16,18H,14H2. The predicted molar refractivity (Wildman–Crippen MR) is 119 cm³/mol. The molecule has 4 aromatic rings. The van der Waals surface area contributed by atoms with Crippen LogP contribution in [0.15, 0.2) is 91.0 Å². The van der Waals surface area contributed by atoms with Crippen LogP contribution in [0.2, 0.25) is 0 Å². The quantitative estimate of drug-likeness (QED) is 0.292. The van der Waals surface area contributed by atoms with E-state index in [0.29, 0.717) is 5.92 Å². The Bertz CT molecular complexity index is 1160. The summed E-state index contributed by atoms with van der Waals surface area (Å²) < 4.78 is 3.71. The lowest BCUT2D eigenvalue weighted by Crippen LogP contribution is -2.02. The van der Waals surface area contributed by atoms with Crippen LogP contribution in [0.4, 0.5) is 0 Å². The Morgan fingerprint density at radius 1 is 0.808 bits per heavy atom. The maximum atomic E-state index is 2.45. The van der Waals surface area contributed by atoms with Crippen LogP contribution >= 0.6 is 22.6 Å². The monoisotopic (exact) mass is 447 g/mol. The van der Waals surface area contributed by atoms with Crippen LogP contribution in [0, 0.1) is 3.57 Å². The third kappa shape index (κ3) is 2.52. The van der Waals surface area contributed by atoms with Gasteiger partial charge >= 0.3 is 0 Å². The zero-order chi connectivity index (χ0) is 17.5. The van der Waals surface area contributed by atoms with Crippen LogP contribution in [0.3, 0.4) is 0 Å². The molecule has 2 heteroatoms. The number of aromatic nitrogens is 1. The fraction of sp³-hybridized carbons (Fsp3) is 0.0833. The van der Waals surface area contributed by atoms with Gasteiger partial charge < -0.3 is 4.57 Å². The molecule has 3 aromatic carbocycles. The molecule has 126 valence electrons. The first-order chi connectivity index (χ1) is 12.8. The van der Waals surface area contributed by atoms with Crippen molar-refractivity contribution in [2.24, 2.45) is 0 Å². The van der Waals surface area contributed by atoms with E-state index in [1.807, 2.05) is 0 Å². The summed E-state index contributed by atoms with van der Waals surface area (Å²) in [6, 6.07) is 26.1. The number of hydrogen-bond acceptors (Lipinski definition) is 0. The van der Waals surface area contributed by atoms with E-state index in [2.05, 4.69) is 118 Å². The van der Waals surface area contributed by atoms with E-state index in [0.717, 1.165) is 6.42 Å². The van der Waals surface area contributed by atoms with Crippen LogP contribution in [-0.2, 0) is 0 Å². The van der Waals surface area contributed by atoms with Crippen molar-refractivity contribution >= 4 is 50.1 Å². The molecule has 1 heterocycles. The van der Waals surface area contributed by atoms with Crippen LogP contribution in [0.25, 0.3) is 27.5 Å².